The molecule has 0 radical (unpaired) electrons. The van der Waals surface area contributed by atoms with E-state index in [4.69, 9.17) is 14.2 Å². The molecule has 0 aromatic heterocycles. The lowest BCUT2D eigenvalue weighted by Crippen LogP contribution is -2.45. The molecule has 1 aliphatic rings. The van der Waals surface area contributed by atoms with Gasteiger partial charge in [0.1, 0.15) is 12.4 Å². The number of carbonyl (C=O) groups excluding carboxylic acids is 3. The van der Waals surface area contributed by atoms with Crippen molar-refractivity contribution in [3.05, 3.63) is 41.6 Å². The lowest BCUT2D eigenvalue weighted by Gasteiger charge is -2.21. The Morgan fingerprint density at radius 2 is 1.92 bits per heavy atom. The summed E-state index contributed by atoms with van der Waals surface area (Å²) in [5.74, 6) is -0.402. The van der Waals surface area contributed by atoms with E-state index in [1.807, 2.05) is 18.2 Å². The first-order chi connectivity index (χ1) is 12.1. The summed E-state index contributed by atoms with van der Waals surface area (Å²) in [6, 6.07) is 8.63. The Labute approximate surface area is 145 Å². The number of rotatable bonds is 8. The molecule has 2 N–H and O–H groups in total. The van der Waals surface area contributed by atoms with Gasteiger partial charge in [-0.05, 0) is 19.1 Å². The molecule has 0 unspecified atom stereocenters. The van der Waals surface area contributed by atoms with Crippen LogP contribution in [0.4, 0.5) is 4.79 Å². The Kier molecular flexibility index (Phi) is 6.82. The molecule has 0 aliphatic carbocycles. The van der Waals surface area contributed by atoms with Gasteiger partial charge in [-0.1, -0.05) is 18.2 Å². The van der Waals surface area contributed by atoms with E-state index in [0.717, 1.165) is 0 Å². The van der Waals surface area contributed by atoms with Crippen LogP contribution in [0.2, 0.25) is 0 Å². The van der Waals surface area contributed by atoms with E-state index >= 15 is 0 Å². The largest absolute Gasteiger partial charge is 0.493 e. The van der Waals surface area contributed by atoms with Crippen LogP contribution in [0.25, 0.3) is 0 Å². The van der Waals surface area contributed by atoms with Crippen LogP contribution >= 0.6 is 0 Å². The van der Waals surface area contributed by atoms with E-state index in [0.29, 0.717) is 5.75 Å². The van der Waals surface area contributed by atoms with Crippen molar-refractivity contribution in [1.82, 2.24) is 10.6 Å². The number of nitrogens with one attached hydrogen (secondary N) is 2. The maximum Gasteiger partial charge on any atom is 0.337 e. The van der Waals surface area contributed by atoms with Crippen LogP contribution in [-0.4, -0.2) is 44.3 Å². The molecule has 0 bridgehead atoms. The van der Waals surface area contributed by atoms with Crippen LogP contribution in [0.5, 0.6) is 5.75 Å². The number of carbonyl (C=O) groups is 3. The molecule has 2 amide bonds. The van der Waals surface area contributed by atoms with Crippen molar-refractivity contribution in [3.63, 3.8) is 0 Å². The van der Waals surface area contributed by atoms with Crippen molar-refractivity contribution in [2.75, 3.05) is 26.4 Å². The molecule has 2 rings (SSSR count). The molecule has 0 atom stereocenters. The molecule has 1 aromatic carbocycles. The van der Waals surface area contributed by atoms with E-state index in [-0.39, 0.29) is 44.1 Å². The van der Waals surface area contributed by atoms with Crippen molar-refractivity contribution < 1.29 is 28.6 Å². The molecule has 0 spiro atoms. The summed E-state index contributed by atoms with van der Waals surface area (Å²) in [6.45, 7) is 1.86. The Balaban J connectivity index is 1.83. The Morgan fingerprint density at radius 3 is 2.64 bits per heavy atom. The van der Waals surface area contributed by atoms with Gasteiger partial charge >= 0.3 is 18.0 Å². The SMILES string of the molecule is CCOC(=O)C1=C(COC(=O)CCOc2ccccc2)NC(=O)NC1. The molecule has 134 valence electrons. The third kappa shape index (κ3) is 5.83. The summed E-state index contributed by atoms with van der Waals surface area (Å²) >= 11 is 0. The fourth-order valence-corrected chi connectivity index (χ4v) is 2.06. The van der Waals surface area contributed by atoms with E-state index < -0.39 is 18.0 Å². The second kappa shape index (κ2) is 9.31. The van der Waals surface area contributed by atoms with E-state index in [9.17, 15) is 14.4 Å². The van der Waals surface area contributed by atoms with Gasteiger partial charge in [-0.15, -0.1) is 0 Å². The first-order valence-corrected chi connectivity index (χ1v) is 7.87. The van der Waals surface area contributed by atoms with Crippen molar-refractivity contribution >= 4 is 18.0 Å². The molecule has 0 saturated carbocycles. The number of esters is 2. The minimum absolute atomic E-state index is 0.0225. The van der Waals surface area contributed by atoms with Gasteiger partial charge in [0.2, 0.25) is 0 Å². The highest BCUT2D eigenvalue weighted by molar-refractivity contribution is 5.93. The van der Waals surface area contributed by atoms with Crippen LogP contribution in [0.15, 0.2) is 41.6 Å². The Morgan fingerprint density at radius 1 is 1.16 bits per heavy atom. The van der Waals surface area contributed by atoms with Gasteiger partial charge in [0.05, 0.1) is 37.4 Å². The van der Waals surface area contributed by atoms with Gasteiger partial charge < -0.3 is 24.8 Å². The minimum Gasteiger partial charge on any atom is -0.493 e. The topological polar surface area (TPSA) is 103 Å². The van der Waals surface area contributed by atoms with Crippen molar-refractivity contribution in [1.29, 1.82) is 0 Å². The molecular weight excluding hydrogens is 328 g/mol. The van der Waals surface area contributed by atoms with E-state index in [2.05, 4.69) is 10.6 Å². The predicted octanol–water partition coefficient (Wildman–Crippen LogP) is 1.13. The number of ether oxygens (including phenoxy) is 3. The first kappa shape index (κ1) is 18.3. The molecule has 1 heterocycles. The molecule has 25 heavy (non-hydrogen) atoms. The molecule has 0 saturated heterocycles. The van der Waals surface area contributed by atoms with Gasteiger partial charge in [-0.3, -0.25) is 4.79 Å². The average molecular weight is 348 g/mol. The summed E-state index contributed by atoms with van der Waals surface area (Å²) < 4.78 is 15.4. The number of para-hydroxylation sites is 1. The lowest BCUT2D eigenvalue weighted by atomic mass is 10.2. The minimum atomic E-state index is -0.562. The third-order valence-electron chi connectivity index (χ3n) is 3.27. The normalized spacial score (nSPS) is 13.6. The molecular formula is C17H20N2O6. The maximum atomic E-state index is 11.9. The van der Waals surface area contributed by atoms with Crippen molar-refractivity contribution in [2.45, 2.75) is 13.3 Å². The quantitative estimate of drug-likeness (QED) is 0.683. The molecule has 1 aliphatic heterocycles. The summed E-state index contributed by atoms with van der Waals surface area (Å²) in [5.41, 5.74) is 0.453. The summed E-state index contributed by atoms with van der Waals surface area (Å²) in [5, 5.41) is 4.94. The zero-order valence-corrected chi connectivity index (χ0v) is 13.9. The van der Waals surface area contributed by atoms with Gasteiger partial charge in [0.25, 0.3) is 0 Å². The number of amides is 2. The van der Waals surface area contributed by atoms with Crippen LogP contribution < -0.4 is 15.4 Å². The molecule has 0 fully saturated rings. The molecule has 8 nitrogen and oxygen atoms in total. The van der Waals surface area contributed by atoms with Gasteiger partial charge in [-0.25, -0.2) is 9.59 Å². The zero-order valence-electron chi connectivity index (χ0n) is 13.9. The van der Waals surface area contributed by atoms with Crippen LogP contribution in [0.1, 0.15) is 13.3 Å². The maximum absolute atomic E-state index is 11.9. The zero-order chi connectivity index (χ0) is 18.1. The van der Waals surface area contributed by atoms with Crippen molar-refractivity contribution in [2.24, 2.45) is 0 Å². The van der Waals surface area contributed by atoms with Crippen LogP contribution in [0.3, 0.4) is 0 Å². The van der Waals surface area contributed by atoms with Crippen molar-refractivity contribution in [3.8, 4) is 5.75 Å². The highest BCUT2D eigenvalue weighted by Crippen LogP contribution is 2.10. The predicted molar refractivity (Wildman–Crippen MR) is 87.7 cm³/mol. The Bertz CT molecular complexity index is 656. The van der Waals surface area contributed by atoms with E-state index in [1.165, 1.54) is 0 Å². The van der Waals surface area contributed by atoms with Gasteiger partial charge in [-0.2, -0.15) is 0 Å². The smallest absolute Gasteiger partial charge is 0.337 e. The second-order valence-corrected chi connectivity index (χ2v) is 5.06. The number of hydrogen-bond donors (Lipinski definition) is 2. The summed E-state index contributed by atoms with van der Waals surface area (Å²) in [4.78, 5) is 35.1. The van der Waals surface area contributed by atoms with Crippen LogP contribution in [-0.2, 0) is 19.1 Å². The average Bonchev–Trinajstić information content (AvgIpc) is 2.61. The number of urea groups is 1. The van der Waals surface area contributed by atoms with Crippen LogP contribution in [0, 0.1) is 0 Å². The number of benzene rings is 1. The monoisotopic (exact) mass is 348 g/mol. The standard InChI is InChI=1S/C17H20N2O6/c1-2-23-16(21)13-10-18-17(22)19-14(13)11-25-15(20)8-9-24-12-6-4-3-5-7-12/h3-7H,2,8-11H2,1H3,(H2,18,19,22). The fourth-order valence-electron chi connectivity index (χ4n) is 2.06. The third-order valence-corrected chi connectivity index (χ3v) is 3.27. The van der Waals surface area contributed by atoms with Gasteiger partial charge in [0.15, 0.2) is 0 Å². The second-order valence-electron chi connectivity index (χ2n) is 5.06. The molecule has 8 heteroatoms. The van der Waals surface area contributed by atoms with E-state index in [1.54, 1.807) is 19.1 Å². The first-order valence-electron chi connectivity index (χ1n) is 7.87. The lowest BCUT2D eigenvalue weighted by molar-refractivity contribution is -0.144. The highest BCUT2D eigenvalue weighted by Gasteiger charge is 2.24. The summed E-state index contributed by atoms with van der Waals surface area (Å²) in [7, 11) is 0. The molecule has 1 aromatic rings. The summed E-state index contributed by atoms with van der Waals surface area (Å²) in [6.07, 6.45) is 0.0448. The Hall–Kier alpha value is -3.03. The van der Waals surface area contributed by atoms with Gasteiger partial charge in [0, 0.05) is 0 Å². The number of hydrogen-bond acceptors (Lipinski definition) is 6. The fraction of sp³-hybridized carbons (Fsp3) is 0.353. The highest BCUT2D eigenvalue weighted by atomic mass is 16.5.